The van der Waals surface area contributed by atoms with Crippen LogP contribution in [0.25, 0.3) is 10.9 Å². The van der Waals surface area contributed by atoms with Gasteiger partial charge >= 0.3 is 6.18 Å². The summed E-state index contributed by atoms with van der Waals surface area (Å²) in [7, 11) is -3.47. The van der Waals surface area contributed by atoms with Crippen molar-refractivity contribution in [2.45, 2.75) is 12.6 Å². The zero-order chi connectivity index (χ0) is 17.1. The molecule has 0 aliphatic heterocycles. The molecule has 5 nitrogen and oxygen atoms in total. The second-order valence-corrected chi connectivity index (χ2v) is 6.54. The van der Waals surface area contributed by atoms with Crippen LogP contribution in [0, 0.1) is 0 Å². The predicted molar refractivity (Wildman–Crippen MR) is 80.6 cm³/mol. The van der Waals surface area contributed by atoms with E-state index in [1.54, 1.807) is 6.07 Å². The summed E-state index contributed by atoms with van der Waals surface area (Å²) in [6.45, 7) is 0.447. The Morgan fingerprint density at radius 3 is 2.65 bits per heavy atom. The van der Waals surface area contributed by atoms with Crippen molar-refractivity contribution in [2.24, 2.45) is 0 Å². The third kappa shape index (κ3) is 5.07. The van der Waals surface area contributed by atoms with E-state index in [1.807, 2.05) is 0 Å². The predicted octanol–water partition coefficient (Wildman–Crippen LogP) is 3.03. The van der Waals surface area contributed by atoms with Gasteiger partial charge in [-0.3, -0.25) is 9.17 Å². The zero-order valence-electron chi connectivity index (χ0n) is 12.2. The first kappa shape index (κ1) is 17.5. The highest BCUT2D eigenvalue weighted by Gasteiger charge is 2.30. The molecule has 0 unspecified atom stereocenters. The summed E-state index contributed by atoms with van der Waals surface area (Å²) >= 11 is 0. The monoisotopic (exact) mass is 348 g/mol. The van der Waals surface area contributed by atoms with E-state index in [2.05, 4.69) is 14.5 Å². The molecule has 9 heteroatoms. The maximum atomic E-state index is 12.7. The first-order chi connectivity index (χ1) is 10.7. The molecular weight excluding hydrogens is 333 g/mol. The number of hydrogen-bond acceptors (Lipinski definition) is 5. The van der Waals surface area contributed by atoms with Crippen LogP contribution in [-0.4, -0.2) is 32.8 Å². The fraction of sp³-hybridized carbons (Fsp3) is 0.357. The molecule has 1 heterocycles. The lowest BCUT2D eigenvalue weighted by atomic mass is 10.1. The van der Waals surface area contributed by atoms with Gasteiger partial charge in [0.2, 0.25) is 0 Å². The Kier molecular flexibility index (Phi) is 5.10. The minimum atomic E-state index is -4.41. The van der Waals surface area contributed by atoms with Crippen LogP contribution in [0.5, 0.6) is 0 Å². The summed E-state index contributed by atoms with van der Waals surface area (Å²) < 4.78 is 64.3. The summed E-state index contributed by atoms with van der Waals surface area (Å²) in [5, 5.41) is 3.60. The Hall–Kier alpha value is -1.87. The maximum Gasteiger partial charge on any atom is 0.416 e. The molecule has 0 aliphatic carbocycles. The Labute approximate surface area is 131 Å². The van der Waals surface area contributed by atoms with Crippen molar-refractivity contribution in [3.63, 3.8) is 0 Å². The summed E-state index contributed by atoms with van der Waals surface area (Å²) in [5.41, 5.74) is 0.108. The van der Waals surface area contributed by atoms with Gasteiger partial charge in [0.15, 0.2) is 0 Å². The second kappa shape index (κ2) is 6.71. The molecule has 1 aromatic carbocycles. The molecule has 0 spiro atoms. The molecule has 2 aromatic rings. The molecule has 1 aromatic heterocycles. The van der Waals surface area contributed by atoms with Crippen LogP contribution < -0.4 is 5.32 Å². The topological polar surface area (TPSA) is 68.3 Å². The average molecular weight is 348 g/mol. The molecule has 0 bridgehead atoms. The van der Waals surface area contributed by atoms with E-state index in [0.29, 0.717) is 24.0 Å². The van der Waals surface area contributed by atoms with Crippen molar-refractivity contribution in [3.05, 3.63) is 36.0 Å². The van der Waals surface area contributed by atoms with Gasteiger partial charge in [0.1, 0.15) is 0 Å². The largest absolute Gasteiger partial charge is 0.416 e. The molecule has 0 aliphatic rings. The van der Waals surface area contributed by atoms with Crippen molar-refractivity contribution in [1.29, 1.82) is 0 Å². The standard InChI is InChI=1S/C14H15F3N2O3S/c1-23(20,21)22-8-2-6-18-12-5-7-19-13-9-10(14(15,16)17)3-4-11(12)13/h3-5,7,9H,2,6,8H2,1H3,(H,18,19). The van der Waals surface area contributed by atoms with Gasteiger partial charge in [-0.05, 0) is 24.6 Å². The third-order valence-corrected chi connectivity index (χ3v) is 3.60. The van der Waals surface area contributed by atoms with Crippen molar-refractivity contribution in [2.75, 3.05) is 24.7 Å². The number of benzene rings is 1. The Morgan fingerprint density at radius 1 is 1.26 bits per heavy atom. The van der Waals surface area contributed by atoms with Crippen LogP contribution in [0.15, 0.2) is 30.5 Å². The molecule has 0 radical (unpaired) electrons. The molecule has 0 fully saturated rings. The number of fused-ring (bicyclic) bond motifs is 1. The maximum absolute atomic E-state index is 12.7. The van der Waals surface area contributed by atoms with Crippen LogP contribution >= 0.6 is 0 Å². The highest BCUT2D eigenvalue weighted by molar-refractivity contribution is 7.85. The fourth-order valence-electron chi connectivity index (χ4n) is 1.98. The smallest absolute Gasteiger partial charge is 0.384 e. The summed E-state index contributed by atoms with van der Waals surface area (Å²) in [5.74, 6) is 0. The van der Waals surface area contributed by atoms with Crippen molar-refractivity contribution >= 4 is 26.7 Å². The lowest BCUT2D eigenvalue weighted by Crippen LogP contribution is -2.09. The molecule has 1 N–H and O–H groups in total. The highest BCUT2D eigenvalue weighted by Crippen LogP contribution is 2.32. The van der Waals surface area contributed by atoms with Gasteiger partial charge in [-0.25, -0.2) is 0 Å². The van der Waals surface area contributed by atoms with Gasteiger partial charge in [0.25, 0.3) is 10.1 Å². The molecule has 0 saturated heterocycles. The van der Waals surface area contributed by atoms with E-state index in [9.17, 15) is 21.6 Å². The van der Waals surface area contributed by atoms with E-state index in [0.717, 1.165) is 18.4 Å². The number of halogens is 3. The van der Waals surface area contributed by atoms with Crippen molar-refractivity contribution in [3.8, 4) is 0 Å². The van der Waals surface area contributed by atoms with E-state index in [1.165, 1.54) is 12.3 Å². The lowest BCUT2D eigenvalue weighted by molar-refractivity contribution is -0.137. The van der Waals surface area contributed by atoms with Gasteiger partial charge in [-0.1, -0.05) is 6.07 Å². The minimum Gasteiger partial charge on any atom is -0.384 e. The van der Waals surface area contributed by atoms with Gasteiger partial charge in [-0.2, -0.15) is 21.6 Å². The molecule has 126 valence electrons. The summed E-state index contributed by atoms with van der Waals surface area (Å²) in [6.07, 6.45) is -1.60. The number of nitrogens with one attached hydrogen (secondary N) is 1. The Balaban J connectivity index is 2.07. The highest BCUT2D eigenvalue weighted by atomic mass is 32.2. The Bertz CT molecular complexity index is 791. The number of aromatic nitrogens is 1. The van der Waals surface area contributed by atoms with Crippen molar-refractivity contribution in [1.82, 2.24) is 4.98 Å². The van der Waals surface area contributed by atoms with Crippen LogP contribution in [0.2, 0.25) is 0 Å². The lowest BCUT2D eigenvalue weighted by Gasteiger charge is -2.11. The second-order valence-electron chi connectivity index (χ2n) is 4.89. The average Bonchev–Trinajstić information content (AvgIpc) is 2.44. The van der Waals surface area contributed by atoms with Crippen LogP contribution in [0.3, 0.4) is 0 Å². The van der Waals surface area contributed by atoms with Gasteiger partial charge in [0.05, 0.1) is 23.9 Å². The van der Waals surface area contributed by atoms with E-state index >= 15 is 0 Å². The van der Waals surface area contributed by atoms with Crippen LogP contribution in [0.4, 0.5) is 18.9 Å². The normalized spacial score (nSPS) is 12.5. The Morgan fingerprint density at radius 2 is 2.00 bits per heavy atom. The van der Waals surface area contributed by atoms with Gasteiger partial charge in [0, 0.05) is 23.8 Å². The zero-order valence-corrected chi connectivity index (χ0v) is 13.0. The summed E-state index contributed by atoms with van der Waals surface area (Å²) in [6, 6.07) is 5.00. The van der Waals surface area contributed by atoms with Crippen molar-refractivity contribution < 1.29 is 25.8 Å². The first-order valence-corrected chi connectivity index (χ1v) is 8.53. The number of nitrogens with zero attached hydrogens (tertiary/aromatic N) is 1. The molecule has 0 amide bonds. The molecule has 0 saturated carbocycles. The fourth-order valence-corrected chi connectivity index (χ4v) is 2.40. The molecule has 23 heavy (non-hydrogen) atoms. The van der Waals surface area contributed by atoms with Crippen LogP contribution in [-0.2, 0) is 20.5 Å². The van der Waals surface area contributed by atoms with Crippen LogP contribution in [0.1, 0.15) is 12.0 Å². The van der Waals surface area contributed by atoms with E-state index in [-0.39, 0.29) is 12.1 Å². The van der Waals surface area contributed by atoms with Gasteiger partial charge in [-0.15, -0.1) is 0 Å². The number of anilines is 1. The number of alkyl halides is 3. The molecular formula is C14H15F3N2O3S. The first-order valence-electron chi connectivity index (χ1n) is 6.71. The SMILES string of the molecule is CS(=O)(=O)OCCCNc1ccnc2cc(C(F)(F)F)ccc12. The van der Waals surface area contributed by atoms with E-state index in [4.69, 9.17) is 0 Å². The minimum absolute atomic E-state index is 0.0348. The third-order valence-electron chi connectivity index (χ3n) is 3.00. The molecule has 0 atom stereocenters. The van der Waals surface area contributed by atoms with E-state index < -0.39 is 21.9 Å². The van der Waals surface area contributed by atoms with Gasteiger partial charge < -0.3 is 5.32 Å². The number of rotatable bonds is 6. The number of pyridine rings is 1. The summed E-state index contributed by atoms with van der Waals surface area (Å²) in [4.78, 5) is 3.95. The quantitative estimate of drug-likeness (QED) is 0.642. The molecule has 2 rings (SSSR count). The number of hydrogen-bond donors (Lipinski definition) is 1.